The number of hydrogen-bond donors (Lipinski definition) is 1. The number of nitrogens with one attached hydrogen (secondary N) is 1. The zero-order valence-electron chi connectivity index (χ0n) is 17.1. The number of aromatic nitrogens is 3. The Balaban J connectivity index is 1.69. The average Bonchev–Trinajstić information content (AvgIpc) is 3.30. The Labute approximate surface area is 185 Å². The molecule has 8 nitrogen and oxygen atoms in total. The van der Waals surface area contributed by atoms with Crippen molar-refractivity contribution in [3.8, 4) is 17.1 Å². The number of rotatable bonds is 8. The van der Waals surface area contributed by atoms with Gasteiger partial charge >= 0.3 is 0 Å². The van der Waals surface area contributed by atoms with Crippen LogP contribution >= 0.6 is 23.4 Å². The van der Waals surface area contributed by atoms with E-state index in [1.165, 1.54) is 11.8 Å². The number of hydrogen-bond acceptors (Lipinski definition) is 7. The molecule has 0 bridgehead atoms. The Morgan fingerprint density at radius 3 is 2.83 bits per heavy atom. The van der Waals surface area contributed by atoms with E-state index in [-0.39, 0.29) is 35.1 Å². The molecule has 1 aromatic heterocycles. The summed E-state index contributed by atoms with van der Waals surface area (Å²) in [5.41, 5.74) is 0.674. The maximum atomic E-state index is 12.9. The minimum atomic E-state index is -3.07. The van der Waals surface area contributed by atoms with Crippen molar-refractivity contribution in [2.75, 3.05) is 30.9 Å². The molecule has 1 aliphatic rings. The Hall–Kier alpha value is -1.78. The van der Waals surface area contributed by atoms with Gasteiger partial charge in [0.1, 0.15) is 5.75 Å². The first-order valence-electron chi connectivity index (χ1n) is 9.57. The van der Waals surface area contributed by atoms with Crippen molar-refractivity contribution in [2.24, 2.45) is 5.92 Å². The molecule has 1 atom stereocenters. The lowest BCUT2D eigenvalue weighted by molar-refractivity contribution is -0.130. The smallest absolute Gasteiger partial charge is 0.233 e. The van der Waals surface area contributed by atoms with E-state index in [0.717, 1.165) is 0 Å². The monoisotopic (exact) mass is 472 g/mol. The van der Waals surface area contributed by atoms with Gasteiger partial charge in [0.05, 0.1) is 29.9 Å². The molecule has 1 fully saturated rings. The van der Waals surface area contributed by atoms with Crippen LogP contribution in [-0.2, 0) is 14.6 Å². The van der Waals surface area contributed by atoms with Crippen molar-refractivity contribution in [3.63, 3.8) is 0 Å². The number of amides is 1. The topological polar surface area (TPSA) is 105 Å². The molecule has 0 spiro atoms. The summed E-state index contributed by atoms with van der Waals surface area (Å²) in [6, 6.07) is 4.94. The minimum absolute atomic E-state index is 0.0372. The number of benzene rings is 1. The number of methoxy groups -OCH3 is 1. The van der Waals surface area contributed by atoms with E-state index in [4.69, 9.17) is 16.3 Å². The van der Waals surface area contributed by atoms with Crippen LogP contribution in [0.2, 0.25) is 5.02 Å². The standard InChI is InChI=1S/C19H25ClN4O4S2/c1-12(2)9-24(14-6-7-30(26,27)11-14)17(25)10-29-19-21-18(22-23-19)15-8-13(20)4-5-16(15)28-3/h4-5,8,12,14H,6-7,9-11H2,1-3H3,(H,21,22,23)/t14-/m1/s1. The summed E-state index contributed by atoms with van der Waals surface area (Å²) in [7, 11) is -1.51. The fourth-order valence-corrected chi connectivity index (χ4v) is 5.96. The van der Waals surface area contributed by atoms with Gasteiger partial charge in [0.15, 0.2) is 15.7 Å². The van der Waals surface area contributed by atoms with Crippen LogP contribution in [0.1, 0.15) is 20.3 Å². The molecule has 0 saturated carbocycles. The molecule has 164 valence electrons. The molecule has 30 heavy (non-hydrogen) atoms. The second-order valence-corrected chi connectivity index (χ2v) is 11.2. The van der Waals surface area contributed by atoms with Gasteiger partial charge in [-0.15, -0.1) is 5.10 Å². The highest BCUT2D eigenvalue weighted by Crippen LogP contribution is 2.31. The van der Waals surface area contributed by atoms with Gasteiger partial charge < -0.3 is 9.64 Å². The molecule has 2 aromatic rings. The van der Waals surface area contributed by atoms with Crippen molar-refractivity contribution in [2.45, 2.75) is 31.5 Å². The van der Waals surface area contributed by atoms with Gasteiger partial charge in [0.25, 0.3) is 0 Å². The second-order valence-electron chi connectivity index (χ2n) is 7.60. The van der Waals surface area contributed by atoms with Gasteiger partial charge in [-0.25, -0.2) is 13.4 Å². The van der Waals surface area contributed by atoms with Crippen LogP contribution in [-0.4, -0.2) is 71.4 Å². The minimum Gasteiger partial charge on any atom is -0.496 e. The number of sulfone groups is 1. The summed E-state index contributed by atoms with van der Waals surface area (Å²) in [6.45, 7) is 4.55. The number of nitrogens with zero attached hydrogens (tertiary/aromatic N) is 3. The molecule has 11 heteroatoms. The third kappa shape index (κ3) is 5.67. The third-order valence-corrected chi connectivity index (χ3v) is 7.56. The molecule has 1 amide bonds. The summed E-state index contributed by atoms with van der Waals surface area (Å²) >= 11 is 7.28. The molecular weight excluding hydrogens is 448 g/mol. The van der Waals surface area contributed by atoms with Crippen LogP contribution in [0.4, 0.5) is 0 Å². The second kappa shape index (κ2) is 9.57. The van der Waals surface area contributed by atoms with Crippen LogP contribution in [0.15, 0.2) is 23.4 Å². The molecule has 1 saturated heterocycles. The van der Waals surface area contributed by atoms with E-state index in [1.54, 1.807) is 30.2 Å². The summed E-state index contributed by atoms with van der Waals surface area (Å²) in [5, 5.41) is 7.99. The Kier molecular flexibility index (Phi) is 7.30. The van der Waals surface area contributed by atoms with E-state index in [2.05, 4.69) is 15.2 Å². The highest BCUT2D eigenvalue weighted by molar-refractivity contribution is 7.99. The fourth-order valence-electron chi connectivity index (χ4n) is 3.37. The Morgan fingerprint density at radius 1 is 1.43 bits per heavy atom. The maximum absolute atomic E-state index is 12.9. The van der Waals surface area contributed by atoms with E-state index >= 15 is 0 Å². The van der Waals surface area contributed by atoms with Gasteiger partial charge in [-0.05, 0) is 30.5 Å². The summed E-state index contributed by atoms with van der Waals surface area (Å²) in [4.78, 5) is 19.0. The lowest BCUT2D eigenvalue weighted by Crippen LogP contribution is -2.44. The zero-order chi connectivity index (χ0) is 21.9. The number of halogens is 1. The lowest BCUT2D eigenvalue weighted by Gasteiger charge is -2.29. The number of aromatic amines is 1. The van der Waals surface area contributed by atoms with E-state index in [1.807, 2.05) is 13.8 Å². The van der Waals surface area contributed by atoms with Gasteiger partial charge in [-0.1, -0.05) is 37.2 Å². The van der Waals surface area contributed by atoms with E-state index in [0.29, 0.717) is 40.3 Å². The van der Waals surface area contributed by atoms with Crippen molar-refractivity contribution in [1.82, 2.24) is 20.1 Å². The molecule has 1 aromatic carbocycles. The SMILES string of the molecule is COc1ccc(Cl)cc1-c1nc(SCC(=O)N(CC(C)C)[C@@H]2CCS(=O)(=O)C2)n[nH]1. The van der Waals surface area contributed by atoms with E-state index < -0.39 is 9.84 Å². The first kappa shape index (κ1) is 22.9. The quantitative estimate of drug-likeness (QED) is 0.589. The zero-order valence-corrected chi connectivity index (χ0v) is 19.5. The van der Waals surface area contributed by atoms with Crippen LogP contribution < -0.4 is 4.74 Å². The van der Waals surface area contributed by atoms with Crippen LogP contribution in [0.5, 0.6) is 5.75 Å². The molecule has 0 radical (unpaired) electrons. The highest BCUT2D eigenvalue weighted by Gasteiger charge is 2.34. The number of ether oxygens (including phenoxy) is 1. The van der Waals surface area contributed by atoms with Crippen molar-refractivity contribution < 1.29 is 17.9 Å². The Morgan fingerprint density at radius 2 is 2.20 bits per heavy atom. The molecule has 1 N–H and O–H groups in total. The van der Waals surface area contributed by atoms with Gasteiger partial charge in [0.2, 0.25) is 11.1 Å². The molecule has 3 rings (SSSR count). The largest absolute Gasteiger partial charge is 0.496 e. The lowest BCUT2D eigenvalue weighted by atomic mass is 10.1. The van der Waals surface area contributed by atoms with Crippen molar-refractivity contribution >= 4 is 39.1 Å². The fraction of sp³-hybridized carbons (Fsp3) is 0.526. The van der Waals surface area contributed by atoms with Crippen LogP contribution in [0.25, 0.3) is 11.4 Å². The van der Waals surface area contributed by atoms with Gasteiger partial charge in [0, 0.05) is 17.6 Å². The first-order chi connectivity index (χ1) is 14.2. The van der Waals surface area contributed by atoms with Crippen molar-refractivity contribution in [3.05, 3.63) is 23.2 Å². The number of thioether (sulfide) groups is 1. The summed E-state index contributed by atoms with van der Waals surface area (Å²) < 4.78 is 29.1. The van der Waals surface area contributed by atoms with E-state index in [9.17, 15) is 13.2 Å². The molecule has 0 unspecified atom stereocenters. The number of H-pyrrole nitrogens is 1. The van der Waals surface area contributed by atoms with Crippen molar-refractivity contribution in [1.29, 1.82) is 0 Å². The maximum Gasteiger partial charge on any atom is 0.233 e. The first-order valence-corrected chi connectivity index (χ1v) is 12.8. The molecule has 2 heterocycles. The number of carbonyl (C=O) groups is 1. The number of carbonyl (C=O) groups excluding carboxylic acids is 1. The van der Waals surface area contributed by atoms with Gasteiger partial charge in [-0.2, -0.15) is 0 Å². The summed E-state index contributed by atoms with van der Waals surface area (Å²) in [6.07, 6.45) is 0.491. The van der Waals surface area contributed by atoms with Crippen LogP contribution in [0, 0.1) is 5.92 Å². The normalized spacial score (nSPS) is 18.0. The predicted molar refractivity (Wildman–Crippen MR) is 118 cm³/mol. The van der Waals surface area contributed by atoms with Crippen LogP contribution in [0.3, 0.4) is 0 Å². The molecule has 0 aliphatic carbocycles. The third-order valence-electron chi connectivity index (χ3n) is 4.74. The van der Waals surface area contributed by atoms with Gasteiger partial charge in [-0.3, -0.25) is 9.89 Å². The Bertz CT molecular complexity index is 1010. The average molecular weight is 473 g/mol. The molecular formula is C19H25ClN4O4S2. The highest BCUT2D eigenvalue weighted by atomic mass is 35.5. The predicted octanol–water partition coefficient (Wildman–Crippen LogP) is 2.90. The summed E-state index contributed by atoms with van der Waals surface area (Å²) in [5.74, 6) is 1.54. The molecule has 1 aliphatic heterocycles.